The van der Waals surface area contributed by atoms with Crippen molar-refractivity contribution in [2.75, 3.05) is 13.1 Å². The number of piperidine rings is 1. The Balaban J connectivity index is 1.30. The normalized spacial score (nSPS) is 17.0. The summed E-state index contributed by atoms with van der Waals surface area (Å²) in [6.45, 7) is 1.32. The minimum atomic E-state index is -0.0676. The van der Waals surface area contributed by atoms with Gasteiger partial charge in [-0.1, -0.05) is 48.5 Å². The lowest BCUT2D eigenvalue weighted by Crippen LogP contribution is -2.39. The van der Waals surface area contributed by atoms with Gasteiger partial charge in [0, 0.05) is 24.9 Å². The van der Waals surface area contributed by atoms with Crippen molar-refractivity contribution >= 4 is 16.9 Å². The zero-order valence-electron chi connectivity index (χ0n) is 16.1. The zero-order chi connectivity index (χ0) is 19.6. The molecule has 1 aliphatic rings. The lowest BCUT2D eigenvalue weighted by Gasteiger charge is -2.30. The maximum atomic E-state index is 13.0. The zero-order valence-corrected chi connectivity index (χ0v) is 16.1. The largest absolute Gasteiger partial charge is 0.451 e. The second kappa shape index (κ2) is 7.59. The van der Waals surface area contributed by atoms with Gasteiger partial charge >= 0.3 is 0 Å². The van der Waals surface area contributed by atoms with E-state index in [0.717, 1.165) is 48.4 Å². The highest BCUT2D eigenvalue weighted by Gasteiger charge is 2.29. The van der Waals surface area contributed by atoms with Crippen LogP contribution in [0, 0.1) is 0 Å². The summed E-state index contributed by atoms with van der Waals surface area (Å²) < 4.78 is 11.8. The van der Waals surface area contributed by atoms with Gasteiger partial charge in [0.05, 0.1) is 12.1 Å². The molecule has 3 heterocycles. The third-order valence-electron chi connectivity index (χ3n) is 5.49. The number of carbonyl (C=O) groups is 1. The van der Waals surface area contributed by atoms with Crippen LogP contribution in [0.4, 0.5) is 0 Å². The maximum Gasteiger partial charge on any atom is 0.289 e. The Labute approximate surface area is 169 Å². The number of furan rings is 1. The van der Waals surface area contributed by atoms with Crippen LogP contribution >= 0.6 is 0 Å². The van der Waals surface area contributed by atoms with Crippen molar-refractivity contribution in [3.63, 3.8) is 0 Å². The number of carbonyl (C=O) groups excluding carboxylic acids is 1. The highest BCUT2D eigenvalue weighted by atomic mass is 16.4. The first-order valence-electron chi connectivity index (χ1n) is 10.0. The van der Waals surface area contributed by atoms with E-state index in [4.69, 9.17) is 8.83 Å². The molecule has 0 bridgehead atoms. The molecule has 1 saturated heterocycles. The van der Waals surface area contributed by atoms with Crippen LogP contribution in [0.25, 0.3) is 11.0 Å². The van der Waals surface area contributed by atoms with Gasteiger partial charge in [-0.25, -0.2) is 4.98 Å². The highest BCUT2D eigenvalue weighted by Crippen LogP contribution is 2.29. The summed E-state index contributed by atoms with van der Waals surface area (Å²) in [6.07, 6.45) is 4.42. The Morgan fingerprint density at radius 1 is 1.07 bits per heavy atom. The lowest BCUT2D eigenvalue weighted by atomic mass is 9.98. The molecule has 2 aromatic heterocycles. The monoisotopic (exact) mass is 386 g/mol. The van der Waals surface area contributed by atoms with E-state index < -0.39 is 0 Å². The Hall–Kier alpha value is -3.34. The average molecular weight is 386 g/mol. The van der Waals surface area contributed by atoms with Crippen LogP contribution in [0.3, 0.4) is 0 Å². The van der Waals surface area contributed by atoms with Crippen molar-refractivity contribution in [3.8, 4) is 0 Å². The summed E-state index contributed by atoms with van der Waals surface area (Å²) in [5, 5.41) is 0.947. The van der Waals surface area contributed by atoms with Crippen molar-refractivity contribution in [2.24, 2.45) is 0 Å². The van der Waals surface area contributed by atoms with Gasteiger partial charge in [-0.3, -0.25) is 4.79 Å². The van der Waals surface area contributed by atoms with Crippen LogP contribution in [0.2, 0.25) is 0 Å². The van der Waals surface area contributed by atoms with Crippen molar-refractivity contribution in [1.82, 2.24) is 9.88 Å². The highest BCUT2D eigenvalue weighted by molar-refractivity contribution is 5.96. The van der Waals surface area contributed by atoms with Gasteiger partial charge in [0.25, 0.3) is 5.91 Å². The molecule has 5 nitrogen and oxygen atoms in total. The minimum Gasteiger partial charge on any atom is -0.451 e. The van der Waals surface area contributed by atoms with E-state index in [1.54, 1.807) is 0 Å². The molecular weight excluding hydrogens is 364 g/mol. The summed E-state index contributed by atoms with van der Waals surface area (Å²) in [7, 11) is 0. The standard InChI is InChI=1S/C24H22N2O3/c27-24(22-14-18-9-4-5-11-21(18)29-22)26-12-6-10-19(16-26)23-25-15-20(28-23)13-17-7-2-1-3-8-17/h1-5,7-9,11,14-15,19H,6,10,12-13,16H2. The molecule has 0 saturated carbocycles. The number of nitrogens with zero attached hydrogens (tertiary/aromatic N) is 2. The number of likely N-dealkylation sites (tertiary alicyclic amines) is 1. The molecule has 0 radical (unpaired) electrons. The predicted octanol–water partition coefficient (Wildman–Crippen LogP) is 5.03. The van der Waals surface area contributed by atoms with Gasteiger partial charge in [-0.15, -0.1) is 0 Å². The topological polar surface area (TPSA) is 59.5 Å². The molecule has 0 spiro atoms. The van der Waals surface area contributed by atoms with Crippen LogP contribution in [0.1, 0.15) is 46.5 Å². The first kappa shape index (κ1) is 17.7. The molecule has 5 rings (SSSR count). The van der Waals surface area contributed by atoms with E-state index >= 15 is 0 Å². The Bertz CT molecular complexity index is 1100. The fourth-order valence-corrected chi connectivity index (χ4v) is 4.00. The minimum absolute atomic E-state index is 0.0676. The third kappa shape index (κ3) is 3.68. The van der Waals surface area contributed by atoms with Crippen molar-refractivity contribution in [3.05, 3.63) is 89.8 Å². The fourth-order valence-electron chi connectivity index (χ4n) is 4.00. The number of benzene rings is 2. The van der Waals surface area contributed by atoms with Crippen LogP contribution in [-0.2, 0) is 6.42 Å². The van der Waals surface area contributed by atoms with Gasteiger partial charge in [0.15, 0.2) is 11.7 Å². The fraction of sp³-hybridized carbons (Fsp3) is 0.250. The lowest BCUT2D eigenvalue weighted by molar-refractivity contribution is 0.0668. The molecule has 1 atom stereocenters. The molecule has 0 N–H and O–H groups in total. The number of hydrogen-bond donors (Lipinski definition) is 0. The summed E-state index contributed by atoms with van der Waals surface area (Å²) >= 11 is 0. The van der Waals surface area contributed by atoms with Crippen molar-refractivity contribution < 1.29 is 13.6 Å². The Kier molecular flexibility index (Phi) is 4.64. The van der Waals surface area contributed by atoms with Gasteiger partial charge in [-0.2, -0.15) is 0 Å². The number of aromatic nitrogens is 1. The van der Waals surface area contributed by atoms with Crippen molar-refractivity contribution in [1.29, 1.82) is 0 Å². The molecule has 2 aromatic carbocycles. The average Bonchev–Trinajstić information content (AvgIpc) is 3.41. The van der Waals surface area contributed by atoms with Gasteiger partial charge in [-0.05, 0) is 30.5 Å². The van der Waals surface area contributed by atoms with Gasteiger partial charge in [0.1, 0.15) is 11.3 Å². The smallest absolute Gasteiger partial charge is 0.289 e. The molecule has 1 unspecified atom stereocenters. The van der Waals surface area contributed by atoms with Crippen LogP contribution < -0.4 is 0 Å². The van der Waals surface area contributed by atoms with E-state index in [-0.39, 0.29) is 11.8 Å². The molecule has 1 aliphatic heterocycles. The quantitative estimate of drug-likeness (QED) is 0.493. The van der Waals surface area contributed by atoms with Crippen LogP contribution in [-0.4, -0.2) is 28.9 Å². The molecule has 5 heteroatoms. The van der Waals surface area contributed by atoms with Gasteiger partial charge in [0.2, 0.25) is 0 Å². The predicted molar refractivity (Wildman–Crippen MR) is 110 cm³/mol. The first-order chi connectivity index (χ1) is 14.3. The molecule has 1 amide bonds. The summed E-state index contributed by atoms with van der Waals surface area (Å²) in [5.74, 6) is 2.01. The molecule has 4 aromatic rings. The number of oxazole rings is 1. The molecule has 29 heavy (non-hydrogen) atoms. The van der Waals surface area contributed by atoms with Crippen LogP contribution in [0.15, 0.2) is 75.7 Å². The van der Waals surface area contributed by atoms with Crippen LogP contribution in [0.5, 0.6) is 0 Å². The first-order valence-corrected chi connectivity index (χ1v) is 10.0. The molecule has 1 fully saturated rings. The van der Waals surface area contributed by atoms with Crippen molar-refractivity contribution in [2.45, 2.75) is 25.2 Å². The molecular formula is C24H22N2O3. The van der Waals surface area contributed by atoms with Gasteiger partial charge < -0.3 is 13.7 Å². The Morgan fingerprint density at radius 2 is 1.90 bits per heavy atom. The maximum absolute atomic E-state index is 13.0. The van der Waals surface area contributed by atoms with E-state index in [2.05, 4.69) is 17.1 Å². The van der Waals surface area contributed by atoms with E-state index in [1.165, 1.54) is 5.56 Å². The number of hydrogen-bond acceptors (Lipinski definition) is 4. The summed E-state index contributed by atoms with van der Waals surface area (Å²) in [5.41, 5.74) is 1.93. The number of amides is 1. The second-order valence-corrected chi connectivity index (χ2v) is 7.57. The summed E-state index contributed by atoms with van der Waals surface area (Å²) in [4.78, 5) is 19.3. The number of rotatable bonds is 4. The third-order valence-corrected chi connectivity index (χ3v) is 5.49. The summed E-state index contributed by atoms with van der Waals surface area (Å²) in [6, 6.07) is 19.7. The van der Waals surface area contributed by atoms with E-state index in [9.17, 15) is 4.79 Å². The number of fused-ring (bicyclic) bond motifs is 1. The van der Waals surface area contributed by atoms with E-state index in [1.807, 2.05) is 59.6 Å². The molecule has 146 valence electrons. The second-order valence-electron chi connectivity index (χ2n) is 7.57. The SMILES string of the molecule is O=C(c1cc2ccccc2o1)N1CCCC(c2ncc(Cc3ccccc3)o2)C1. The number of para-hydroxylation sites is 1. The molecule has 0 aliphatic carbocycles. The van der Waals surface area contributed by atoms with E-state index in [0.29, 0.717) is 12.3 Å². The Morgan fingerprint density at radius 3 is 2.76 bits per heavy atom.